The van der Waals surface area contributed by atoms with Crippen molar-refractivity contribution in [3.05, 3.63) is 0 Å². The summed E-state index contributed by atoms with van der Waals surface area (Å²) in [4.78, 5) is 0. The minimum absolute atomic E-state index is 0.00913. The van der Waals surface area contributed by atoms with Crippen molar-refractivity contribution < 1.29 is 10.2 Å². The van der Waals surface area contributed by atoms with Crippen LogP contribution in [0.2, 0.25) is 0 Å². The molecule has 4 N–H and O–H groups in total. The average Bonchev–Trinajstić information content (AvgIpc) is 3.01. The molecule has 0 bridgehead atoms. The lowest BCUT2D eigenvalue weighted by Crippen LogP contribution is -2.60. The van der Waals surface area contributed by atoms with Crippen LogP contribution in [0.5, 0.6) is 0 Å². The van der Waals surface area contributed by atoms with E-state index in [0.29, 0.717) is 16.7 Å². The molecule has 0 saturated heterocycles. The summed E-state index contributed by atoms with van der Waals surface area (Å²) in [5, 5.41) is 20.5. The molecule has 0 heterocycles. The molecule has 0 unspecified atom stereocenters. The molecular weight excluding hydrogens is 370 g/mol. The van der Waals surface area contributed by atoms with Crippen molar-refractivity contribution in [3.63, 3.8) is 0 Å². The summed E-state index contributed by atoms with van der Waals surface area (Å²) in [5.74, 6) is 4.72. The SMILES string of the molecule is C[C@H](CCCC(C)(C)O)[C@H]1CC[C@H]2[C@@H]3CC[C@H]4[C@@H](N)[C@@H](O)CC[C@]4(C)[C@H]3CC[C@]12C. The molecular formula is C27H49NO2. The van der Waals surface area contributed by atoms with Crippen LogP contribution >= 0.6 is 0 Å². The van der Waals surface area contributed by atoms with Gasteiger partial charge < -0.3 is 15.9 Å². The van der Waals surface area contributed by atoms with E-state index < -0.39 is 5.60 Å². The topological polar surface area (TPSA) is 66.5 Å². The van der Waals surface area contributed by atoms with Gasteiger partial charge in [0.15, 0.2) is 0 Å². The predicted molar refractivity (Wildman–Crippen MR) is 124 cm³/mol. The van der Waals surface area contributed by atoms with Crippen LogP contribution in [-0.4, -0.2) is 28.0 Å². The third-order valence-corrected chi connectivity index (χ3v) is 11.0. The first-order chi connectivity index (χ1) is 14.0. The number of hydrogen-bond donors (Lipinski definition) is 3. The normalized spacial score (nSPS) is 49.8. The largest absolute Gasteiger partial charge is 0.392 e. The van der Waals surface area contributed by atoms with Crippen molar-refractivity contribution >= 4 is 0 Å². The third kappa shape index (κ3) is 3.79. The summed E-state index contributed by atoms with van der Waals surface area (Å²) < 4.78 is 0. The number of hydrogen-bond acceptors (Lipinski definition) is 3. The van der Waals surface area contributed by atoms with E-state index in [1.165, 1.54) is 51.4 Å². The Kier molecular flexibility index (Phi) is 6.17. The molecule has 4 aliphatic rings. The lowest BCUT2D eigenvalue weighted by atomic mass is 9.43. The van der Waals surface area contributed by atoms with Crippen LogP contribution in [-0.2, 0) is 0 Å². The highest BCUT2D eigenvalue weighted by Crippen LogP contribution is 2.68. The van der Waals surface area contributed by atoms with Crippen molar-refractivity contribution in [2.75, 3.05) is 0 Å². The molecule has 30 heavy (non-hydrogen) atoms. The highest BCUT2D eigenvalue weighted by Gasteiger charge is 2.61. The quantitative estimate of drug-likeness (QED) is 0.549. The van der Waals surface area contributed by atoms with Gasteiger partial charge in [0.1, 0.15) is 0 Å². The van der Waals surface area contributed by atoms with Gasteiger partial charge in [-0.2, -0.15) is 0 Å². The molecule has 0 radical (unpaired) electrons. The Hall–Kier alpha value is -0.120. The van der Waals surface area contributed by atoms with Gasteiger partial charge in [0.2, 0.25) is 0 Å². The minimum atomic E-state index is -0.525. The molecule has 0 aromatic heterocycles. The summed E-state index contributed by atoms with van der Waals surface area (Å²) in [6.45, 7) is 11.6. The molecule has 0 aromatic carbocycles. The van der Waals surface area contributed by atoms with E-state index >= 15 is 0 Å². The second-order valence-electron chi connectivity index (χ2n) is 13.2. The zero-order valence-electron chi connectivity index (χ0n) is 20.4. The number of nitrogens with two attached hydrogens (primary N) is 1. The van der Waals surface area contributed by atoms with Gasteiger partial charge in [0.05, 0.1) is 11.7 Å². The van der Waals surface area contributed by atoms with E-state index in [-0.39, 0.29) is 12.1 Å². The lowest BCUT2D eigenvalue weighted by molar-refractivity contribution is -0.136. The van der Waals surface area contributed by atoms with Gasteiger partial charge in [-0.3, -0.25) is 0 Å². The third-order valence-electron chi connectivity index (χ3n) is 11.0. The van der Waals surface area contributed by atoms with Gasteiger partial charge in [0, 0.05) is 6.04 Å². The van der Waals surface area contributed by atoms with Crippen LogP contribution in [0, 0.1) is 46.3 Å². The van der Waals surface area contributed by atoms with E-state index in [4.69, 9.17) is 5.73 Å². The maximum atomic E-state index is 10.4. The molecule has 0 spiro atoms. The first-order valence-corrected chi connectivity index (χ1v) is 13.1. The summed E-state index contributed by atoms with van der Waals surface area (Å²) in [5.41, 5.74) is 6.87. The Morgan fingerprint density at radius 3 is 2.27 bits per heavy atom. The minimum Gasteiger partial charge on any atom is -0.392 e. The Labute approximate surface area is 185 Å². The van der Waals surface area contributed by atoms with E-state index in [2.05, 4.69) is 20.8 Å². The second-order valence-corrected chi connectivity index (χ2v) is 13.2. The maximum absolute atomic E-state index is 10.4. The number of aliphatic hydroxyl groups is 2. The summed E-state index contributed by atoms with van der Waals surface area (Å²) in [7, 11) is 0. The Balaban J connectivity index is 1.46. The fraction of sp³-hybridized carbons (Fsp3) is 1.00. The molecule has 10 atom stereocenters. The zero-order chi connectivity index (χ0) is 21.9. The molecule has 4 saturated carbocycles. The second kappa shape index (κ2) is 8.03. The number of fused-ring (bicyclic) bond motifs is 5. The van der Waals surface area contributed by atoms with E-state index in [9.17, 15) is 10.2 Å². The van der Waals surface area contributed by atoms with Crippen LogP contribution in [0.1, 0.15) is 105 Å². The fourth-order valence-corrected chi connectivity index (χ4v) is 9.44. The molecule has 3 heteroatoms. The standard InChI is InChI=1S/C27H49NO2/c1-17(7-6-14-25(2,3)30)19-10-11-20-18-8-9-22-24(28)23(29)13-16-27(22,5)21(18)12-15-26(19,20)4/h17-24,29-30H,6-16,28H2,1-5H3/t17-,18+,19-,20+,21+,22+,23+,24-,26-,27-/m1/s1. The average molecular weight is 420 g/mol. The summed E-state index contributed by atoms with van der Waals surface area (Å²) in [6.07, 6.45) is 13.3. The van der Waals surface area contributed by atoms with E-state index in [1.807, 2.05) is 13.8 Å². The van der Waals surface area contributed by atoms with Gasteiger partial charge in [0.25, 0.3) is 0 Å². The molecule has 4 rings (SSSR count). The number of aliphatic hydroxyl groups excluding tert-OH is 1. The summed E-state index contributed by atoms with van der Waals surface area (Å²) >= 11 is 0. The highest BCUT2D eigenvalue weighted by atomic mass is 16.3. The highest BCUT2D eigenvalue weighted by molar-refractivity contribution is 5.11. The van der Waals surface area contributed by atoms with Crippen molar-refractivity contribution in [1.29, 1.82) is 0 Å². The van der Waals surface area contributed by atoms with Crippen LogP contribution in [0.25, 0.3) is 0 Å². The van der Waals surface area contributed by atoms with Gasteiger partial charge in [-0.05, 0) is 118 Å². The van der Waals surface area contributed by atoms with Gasteiger partial charge in [-0.15, -0.1) is 0 Å². The molecule has 0 amide bonds. The zero-order valence-corrected chi connectivity index (χ0v) is 20.4. The van der Waals surface area contributed by atoms with Crippen molar-refractivity contribution in [2.24, 2.45) is 52.1 Å². The fourth-order valence-electron chi connectivity index (χ4n) is 9.44. The van der Waals surface area contributed by atoms with E-state index in [0.717, 1.165) is 48.9 Å². The molecule has 0 aliphatic heterocycles. The predicted octanol–water partition coefficient (Wildman–Crippen LogP) is 5.52. The maximum Gasteiger partial charge on any atom is 0.0694 e. The first kappa shape index (κ1) is 23.1. The van der Waals surface area contributed by atoms with Crippen molar-refractivity contribution in [2.45, 2.75) is 123 Å². The van der Waals surface area contributed by atoms with Crippen LogP contribution in [0.3, 0.4) is 0 Å². The van der Waals surface area contributed by atoms with Crippen molar-refractivity contribution in [3.8, 4) is 0 Å². The smallest absolute Gasteiger partial charge is 0.0694 e. The van der Waals surface area contributed by atoms with Crippen LogP contribution in [0.15, 0.2) is 0 Å². The van der Waals surface area contributed by atoms with Crippen LogP contribution < -0.4 is 5.73 Å². The van der Waals surface area contributed by atoms with Gasteiger partial charge >= 0.3 is 0 Å². The molecule has 3 nitrogen and oxygen atoms in total. The van der Waals surface area contributed by atoms with Gasteiger partial charge in [-0.25, -0.2) is 0 Å². The Morgan fingerprint density at radius 2 is 1.57 bits per heavy atom. The lowest BCUT2D eigenvalue weighted by Gasteiger charge is -2.62. The van der Waals surface area contributed by atoms with Crippen molar-refractivity contribution in [1.82, 2.24) is 0 Å². The van der Waals surface area contributed by atoms with Crippen LogP contribution in [0.4, 0.5) is 0 Å². The summed E-state index contributed by atoms with van der Waals surface area (Å²) in [6, 6.07) is -0.00913. The van der Waals surface area contributed by atoms with Gasteiger partial charge in [-0.1, -0.05) is 33.6 Å². The molecule has 4 fully saturated rings. The number of rotatable bonds is 5. The Morgan fingerprint density at radius 1 is 0.933 bits per heavy atom. The Bertz CT molecular complexity index is 614. The monoisotopic (exact) mass is 419 g/mol. The molecule has 4 aliphatic carbocycles. The first-order valence-electron chi connectivity index (χ1n) is 13.1. The van der Waals surface area contributed by atoms with E-state index in [1.54, 1.807) is 0 Å². The molecule has 0 aromatic rings. The molecule has 174 valence electrons.